The highest BCUT2D eigenvalue weighted by Gasteiger charge is 2.11. The molecule has 0 aromatic heterocycles. The van der Waals surface area contributed by atoms with Gasteiger partial charge in [0, 0.05) is 6.42 Å². The average Bonchev–Trinajstić information content (AvgIpc) is 2.34. The highest BCUT2D eigenvalue weighted by Crippen LogP contribution is 2.27. The standard InChI is InChI=1S/C15H22O2/c1-5-13-10-14(17-4)8-9-15(13)11(2)6-7-12(3)16/h8-11H,5-7H2,1-4H3. The highest BCUT2D eigenvalue weighted by atomic mass is 16.5. The zero-order chi connectivity index (χ0) is 12.8. The fourth-order valence-corrected chi connectivity index (χ4v) is 2.07. The first kappa shape index (κ1) is 13.8. The van der Waals surface area contributed by atoms with E-state index in [1.165, 1.54) is 11.1 Å². The lowest BCUT2D eigenvalue weighted by Crippen LogP contribution is -2.02. The highest BCUT2D eigenvalue weighted by molar-refractivity contribution is 5.75. The van der Waals surface area contributed by atoms with Gasteiger partial charge in [0.1, 0.15) is 11.5 Å². The Hall–Kier alpha value is -1.31. The third-order valence-corrected chi connectivity index (χ3v) is 3.19. The van der Waals surface area contributed by atoms with E-state index in [-0.39, 0.29) is 5.78 Å². The third kappa shape index (κ3) is 3.88. The van der Waals surface area contributed by atoms with Crippen molar-refractivity contribution in [3.8, 4) is 5.75 Å². The summed E-state index contributed by atoms with van der Waals surface area (Å²) < 4.78 is 5.24. The Kier molecular flexibility index (Phi) is 5.20. The van der Waals surface area contributed by atoms with Gasteiger partial charge < -0.3 is 9.53 Å². The maximum atomic E-state index is 11.0. The molecule has 0 N–H and O–H groups in total. The van der Waals surface area contributed by atoms with Crippen molar-refractivity contribution in [1.29, 1.82) is 0 Å². The van der Waals surface area contributed by atoms with Crippen LogP contribution in [0.3, 0.4) is 0 Å². The molecule has 1 aromatic rings. The number of benzene rings is 1. The van der Waals surface area contributed by atoms with Crippen molar-refractivity contribution >= 4 is 5.78 Å². The van der Waals surface area contributed by atoms with Gasteiger partial charge in [-0.1, -0.05) is 19.9 Å². The van der Waals surface area contributed by atoms with Crippen molar-refractivity contribution in [1.82, 2.24) is 0 Å². The molecule has 0 spiro atoms. The summed E-state index contributed by atoms with van der Waals surface area (Å²) in [4.78, 5) is 11.0. The first-order chi connectivity index (χ1) is 8.08. The fourth-order valence-electron chi connectivity index (χ4n) is 2.07. The lowest BCUT2D eigenvalue weighted by Gasteiger charge is -2.16. The van der Waals surface area contributed by atoms with Crippen molar-refractivity contribution < 1.29 is 9.53 Å². The second-order valence-corrected chi connectivity index (χ2v) is 4.56. The minimum atomic E-state index is 0.267. The van der Waals surface area contributed by atoms with Crippen LogP contribution in [0.5, 0.6) is 5.75 Å². The minimum absolute atomic E-state index is 0.267. The molecule has 0 saturated carbocycles. The third-order valence-electron chi connectivity index (χ3n) is 3.19. The van der Waals surface area contributed by atoms with E-state index < -0.39 is 0 Å². The lowest BCUT2D eigenvalue weighted by molar-refractivity contribution is -0.117. The van der Waals surface area contributed by atoms with Gasteiger partial charge in [0.05, 0.1) is 7.11 Å². The van der Waals surface area contributed by atoms with Crippen LogP contribution in [0.25, 0.3) is 0 Å². The smallest absolute Gasteiger partial charge is 0.129 e. The van der Waals surface area contributed by atoms with Crippen molar-refractivity contribution in [3.05, 3.63) is 29.3 Å². The van der Waals surface area contributed by atoms with Crippen molar-refractivity contribution in [2.45, 2.75) is 46.0 Å². The molecule has 0 saturated heterocycles. The number of rotatable bonds is 6. The molecule has 1 rings (SSSR count). The minimum Gasteiger partial charge on any atom is -0.497 e. The van der Waals surface area contributed by atoms with Crippen molar-refractivity contribution in [2.75, 3.05) is 7.11 Å². The van der Waals surface area contributed by atoms with Crippen LogP contribution in [0, 0.1) is 0 Å². The molecule has 2 heteroatoms. The van der Waals surface area contributed by atoms with Gasteiger partial charge in [0.2, 0.25) is 0 Å². The molecule has 0 aliphatic rings. The molecule has 0 fully saturated rings. The van der Waals surface area contributed by atoms with Crippen molar-refractivity contribution in [2.24, 2.45) is 0 Å². The van der Waals surface area contributed by atoms with E-state index in [0.717, 1.165) is 18.6 Å². The Bertz CT molecular complexity index is 383. The van der Waals surface area contributed by atoms with E-state index in [4.69, 9.17) is 4.74 Å². The van der Waals surface area contributed by atoms with Crippen LogP contribution in [0.2, 0.25) is 0 Å². The van der Waals surface area contributed by atoms with Gasteiger partial charge in [0.15, 0.2) is 0 Å². The SMILES string of the molecule is CCc1cc(OC)ccc1C(C)CCC(C)=O. The predicted molar refractivity (Wildman–Crippen MR) is 70.7 cm³/mol. The Balaban J connectivity index is 2.84. The zero-order valence-electron chi connectivity index (χ0n) is 11.2. The number of ketones is 1. The van der Waals surface area contributed by atoms with Crippen LogP contribution >= 0.6 is 0 Å². The van der Waals surface area contributed by atoms with E-state index in [9.17, 15) is 4.79 Å². The van der Waals surface area contributed by atoms with Crippen molar-refractivity contribution in [3.63, 3.8) is 0 Å². The van der Waals surface area contributed by atoms with Gasteiger partial charge >= 0.3 is 0 Å². The number of methoxy groups -OCH3 is 1. The molecule has 94 valence electrons. The summed E-state index contributed by atoms with van der Waals surface area (Å²) in [6.07, 6.45) is 2.59. The zero-order valence-corrected chi connectivity index (χ0v) is 11.2. The van der Waals surface area contributed by atoms with E-state index >= 15 is 0 Å². The molecule has 1 unspecified atom stereocenters. The lowest BCUT2D eigenvalue weighted by atomic mass is 9.90. The summed E-state index contributed by atoms with van der Waals surface area (Å²) >= 11 is 0. The van der Waals surface area contributed by atoms with Crippen LogP contribution < -0.4 is 4.74 Å². The Morgan fingerprint density at radius 3 is 2.65 bits per heavy atom. The summed E-state index contributed by atoms with van der Waals surface area (Å²) in [5.74, 6) is 1.60. The first-order valence-electron chi connectivity index (χ1n) is 6.24. The maximum absolute atomic E-state index is 11.0. The van der Waals surface area contributed by atoms with Gasteiger partial charge in [0.25, 0.3) is 0 Å². The van der Waals surface area contributed by atoms with Crippen LogP contribution in [0.15, 0.2) is 18.2 Å². The number of Topliss-reactive ketones (excluding diaryl/α,β-unsaturated/α-hetero) is 1. The summed E-state index contributed by atoms with van der Waals surface area (Å²) in [5, 5.41) is 0. The summed E-state index contributed by atoms with van der Waals surface area (Å²) in [7, 11) is 1.69. The number of carbonyl (C=O) groups excluding carboxylic acids is 1. The Morgan fingerprint density at radius 1 is 1.41 bits per heavy atom. The van der Waals surface area contributed by atoms with Gasteiger partial charge in [-0.25, -0.2) is 0 Å². The van der Waals surface area contributed by atoms with Crippen LogP contribution in [0.1, 0.15) is 50.7 Å². The fraction of sp³-hybridized carbons (Fsp3) is 0.533. The van der Waals surface area contributed by atoms with Gasteiger partial charge in [-0.05, 0) is 48.9 Å². The normalized spacial score (nSPS) is 12.2. The van der Waals surface area contributed by atoms with E-state index in [1.807, 2.05) is 6.07 Å². The van der Waals surface area contributed by atoms with Crippen LogP contribution in [-0.2, 0) is 11.2 Å². The molecule has 17 heavy (non-hydrogen) atoms. The molecule has 0 aliphatic heterocycles. The van der Waals surface area contributed by atoms with Crippen LogP contribution in [0.4, 0.5) is 0 Å². The Labute approximate surface area is 104 Å². The second kappa shape index (κ2) is 6.43. The van der Waals surface area contributed by atoms with E-state index in [0.29, 0.717) is 12.3 Å². The number of hydrogen-bond acceptors (Lipinski definition) is 2. The summed E-state index contributed by atoms with van der Waals surface area (Å²) in [6, 6.07) is 6.22. The molecule has 2 nitrogen and oxygen atoms in total. The topological polar surface area (TPSA) is 26.3 Å². The molecule has 1 atom stereocenters. The summed E-state index contributed by atoms with van der Waals surface area (Å²) in [6.45, 7) is 5.99. The number of carbonyl (C=O) groups is 1. The quantitative estimate of drug-likeness (QED) is 0.749. The van der Waals surface area contributed by atoms with Gasteiger partial charge in [-0.15, -0.1) is 0 Å². The molecule has 0 aliphatic carbocycles. The largest absolute Gasteiger partial charge is 0.497 e. The average molecular weight is 234 g/mol. The monoisotopic (exact) mass is 234 g/mol. The Morgan fingerprint density at radius 2 is 2.12 bits per heavy atom. The molecule has 0 amide bonds. The molecule has 0 radical (unpaired) electrons. The first-order valence-corrected chi connectivity index (χ1v) is 6.24. The number of hydrogen-bond donors (Lipinski definition) is 0. The molecule has 0 bridgehead atoms. The molecular formula is C15H22O2. The van der Waals surface area contributed by atoms with Gasteiger partial charge in [-0.3, -0.25) is 0 Å². The second-order valence-electron chi connectivity index (χ2n) is 4.56. The van der Waals surface area contributed by atoms with Crippen LogP contribution in [-0.4, -0.2) is 12.9 Å². The summed E-state index contributed by atoms with van der Waals surface area (Å²) in [5.41, 5.74) is 2.66. The molecule has 1 aromatic carbocycles. The number of aryl methyl sites for hydroxylation is 1. The maximum Gasteiger partial charge on any atom is 0.129 e. The van der Waals surface area contributed by atoms with E-state index in [2.05, 4.69) is 26.0 Å². The molecular weight excluding hydrogens is 212 g/mol. The predicted octanol–water partition coefficient (Wildman–Crippen LogP) is 3.73. The molecule has 0 heterocycles. The number of ether oxygens (including phenoxy) is 1. The van der Waals surface area contributed by atoms with Gasteiger partial charge in [-0.2, -0.15) is 0 Å². The van der Waals surface area contributed by atoms with E-state index in [1.54, 1.807) is 14.0 Å².